The van der Waals surface area contributed by atoms with Crippen LogP contribution in [-0.4, -0.2) is 12.0 Å². The Balaban J connectivity index is 0. The Morgan fingerprint density at radius 1 is 1.38 bits per heavy atom. The smallest absolute Gasteiger partial charge is 0.290 e. The predicted octanol–water partition coefficient (Wildman–Crippen LogP) is 1.14. The number of carbonyl (C=O) groups is 1. The summed E-state index contributed by atoms with van der Waals surface area (Å²) in [5, 5.41) is 0. The number of alkyl halides is 3. The topological polar surface area (TPSA) is 17.1 Å². The maximum absolute atomic E-state index is 10.8. The molecule has 0 amide bonds. The first-order valence-electron chi connectivity index (χ1n) is 1.52. The van der Waals surface area contributed by atoms with Gasteiger partial charge in [0.05, 0.1) is 0 Å². The molecule has 0 fully saturated rings. The Morgan fingerprint density at radius 2 is 1.50 bits per heavy atom. The summed E-state index contributed by atoms with van der Waals surface area (Å²) in [5.74, 6) is -1.76. The normalized spacial score (nSPS) is 10.0. The van der Waals surface area contributed by atoms with Gasteiger partial charge in [-0.1, -0.05) is 0 Å². The molecular formula is C3H3EuF3O+2. The predicted molar refractivity (Wildman–Crippen MR) is 16.7 cm³/mol. The number of hydrogen-bond donors (Lipinski definition) is 0. The first kappa shape index (κ1) is 11.8. The summed E-state index contributed by atoms with van der Waals surface area (Å²) >= 11 is 0. The molecule has 0 saturated heterocycles. The van der Waals surface area contributed by atoms with Crippen LogP contribution in [0.2, 0.25) is 0 Å². The first-order valence-corrected chi connectivity index (χ1v) is 1.52. The van der Waals surface area contributed by atoms with Gasteiger partial charge in [-0.15, -0.1) is 0 Å². The van der Waals surface area contributed by atoms with E-state index in [0.717, 1.165) is 0 Å². The van der Waals surface area contributed by atoms with Gasteiger partial charge in [-0.2, -0.15) is 13.2 Å². The largest absolute Gasteiger partial charge is 2.00 e. The average Bonchev–Trinajstić information content (AvgIpc) is 1.31. The number of rotatable bonds is 0. The fraction of sp³-hybridized carbons (Fsp3) is 0.667. The first-order chi connectivity index (χ1) is 2.94. The number of hydrogen-bond acceptors (Lipinski definition) is 1. The molecular weight excluding hydrogens is 261 g/mol. The summed E-state index contributed by atoms with van der Waals surface area (Å²) in [6.45, 7) is 0.486. The Bertz CT molecular complexity index is 87.0. The van der Waals surface area contributed by atoms with E-state index in [4.69, 9.17) is 0 Å². The fourth-order valence-electron chi connectivity index (χ4n) is 0. The third-order valence-electron chi connectivity index (χ3n) is 0.399. The van der Waals surface area contributed by atoms with Crippen LogP contribution in [0.15, 0.2) is 0 Å². The Labute approximate surface area is 85.2 Å². The quantitative estimate of drug-likeness (QED) is 0.641. The van der Waals surface area contributed by atoms with Crippen LogP contribution in [0.1, 0.15) is 6.92 Å². The molecule has 5 heteroatoms. The van der Waals surface area contributed by atoms with Gasteiger partial charge in [0.25, 0.3) is 0 Å². The Hall–Kier alpha value is 1.04. The summed E-state index contributed by atoms with van der Waals surface area (Å²) in [4.78, 5) is 9.34. The molecule has 0 aliphatic carbocycles. The fourth-order valence-corrected chi connectivity index (χ4v) is 0. The molecule has 0 aromatic carbocycles. The van der Waals surface area contributed by atoms with Crippen molar-refractivity contribution in [3.63, 3.8) is 0 Å². The minimum atomic E-state index is -4.64. The zero-order valence-corrected chi connectivity index (χ0v) is 6.35. The van der Waals surface area contributed by atoms with E-state index in [2.05, 4.69) is 0 Å². The van der Waals surface area contributed by atoms with E-state index in [-0.39, 0.29) is 49.4 Å². The molecule has 0 aliphatic rings. The van der Waals surface area contributed by atoms with Gasteiger partial charge in [-0.3, -0.25) is 4.79 Å². The summed E-state index contributed by atoms with van der Waals surface area (Å²) < 4.78 is 32.5. The van der Waals surface area contributed by atoms with E-state index in [1.54, 1.807) is 0 Å². The van der Waals surface area contributed by atoms with Crippen molar-refractivity contribution in [2.24, 2.45) is 0 Å². The van der Waals surface area contributed by atoms with Crippen molar-refractivity contribution in [3.05, 3.63) is 0 Å². The molecule has 0 atom stereocenters. The van der Waals surface area contributed by atoms with Gasteiger partial charge in [-0.25, -0.2) is 0 Å². The van der Waals surface area contributed by atoms with Crippen LogP contribution in [0, 0.1) is 49.4 Å². The Morgan fingerprint density at radius 3 is 1.50 bits per heavy atom. The summed E-state index contributed by atoms with van der Waals surface area (Å²) in [7, 11) is 0. The molecule has 0 aliphatic heterocycles. The van der Waals surface area contributed by atoms with Crippen molar-refractivity contribution < 1.29 is 67.3 Å². The maximum Gasteiger partial charge on any atom is 2.00 e. The maximum atomic E-state index is 10.8. The SMILES string of the molecule is CC(=O)C(F)(F)F.[Eu+2]. The third-order valence-corrected chi connectivity index (χ3v) is 0.399. The number of Topliss-reactive ketones (excluding diaryl/α,β-unsaturated/α-hetero) is 1. The minimum absolute atomic E-state index is 0. The van der Waals surface area contributed by atoms with Crippen LogP contribution in [0.25, 0.3) is 0 Å². The van der Waals surface area contributed by atoms with Crippen molar-refractivity contribution in [1.29, 1.82) is 0 Å². The van der Waals surface area contributed by atoms with Crippen LogP contribution in [-0.2, 0) is 4.79 Å². The van der Waals surface area contributed by atoms with Crippen molar-refractivity contribution in [2.75, 3.05) is 0 Å². The van der Waals surface area contributed by atoms with E-state index in [1.807, 2.05) is 0 Å². The second kappa shape index (κ2) is 3.96. The van der Waals surface area contributed by atoms with E-state index in [1.165, 1.54) is 0 Å². The number of ketones is 1. The summed E-state index contributed by atoms with van der Waals surface area (Å²) in [6, 6.07) is 0. The van der Waals surface area contributed by atoms with Gasteiger partial charge in [0.15, 0.2) is 0 Å². The molecule has 0 unspecified atom stereocenters. The van der Waals surface area contributed by atoms with Crippen LogP contribution in [0.3, 0.4) is 0 Å². The zero-order chi connectivity index (χ0) is 6.08. The third kappa shape index (κ3) is 5.19. The van der Waals surface area contributed by atoms with E-state index < -0.39 is 12.0 Å². The van der Waals surface area contributed by atoms with Crippen LogP contribution < -0.4 is 0 Å². The molecule has 1 nitrogen and oxygen atoms in total. The van der Waals surface area contributed by atoms with Gasteiger partial charge >= 0.3 is 55.6 Å². The molecule has 0 N–H and O–H groups in total. The molecule has 0 saturated carbocycles. The van der Waals surface area contributed by atoms with Gasteiger partial charge in [0, 0.05) is 6.92 Å². The van der Waals surface area contributed by atoms with Crippen molar-refractivity contribution in [1.82, 2.24) is 0 Å². The number of carbonyl (C=O) groups excluding carboxylic acids is 1. The van der Waals surface area contributed by atoms with Crippen LogP contribution in [0.5, 0.6) is 0 Å². The van der Waals surface area contributed by atoms with E-state index in [0.29, 0.717) is 6.92 Å². The van der Waals surface area contributed by atoms with Gasteiger partial charge in [0.1, 0.15) is 0 Å². The van der Waals surface area contributed by atoms with E-state index in [9.17, 15) is 18.0 Å². The average molecular weight is 264 g/mol. The minimum Gasteiger partial charge on any atom is -0.290 e. The monoisotopic (exact) mass is 265 g/mol. The van der Waals surface area contributed by atoms with Crippen LogP contribution >= 0.6 is 0 Å². The van der Waals surface area contributed by atoms with Gasteiger partial charge in [-0.05, 0) is 0 Å². The van der Waals surface area contributed by atoms with Crippen molar-refractivity contribution in [3.8, 4) is 0 Å². The molecule has 0 rings (SSSR count). The van der Waals surface area contributed by atoms with Gasteiger partial charge in [0.2, 0.25) is 5.78 Å². The second-order valence-corrected chi connectivity index (χ2v) is 1.05. The van der Waals surface area contributed by atoms with Crippen LogP contribution in [0.4, 0.5) is 13.2 Å². The standard InChI is InChI=1S/C3H3F3O.Eu/c1-2(7)3(4,5)6;/h1H3;/q;+2. The number of halogens is 3. The molecule has 47 valence electrons. The molecule has 0 aromatic heterocycles. The van der Waals surface area contributed by atoms with Crippen molar-refractivity contribution in [2.45, 2.75) is 13.1 Å². The second-order valence-electron chi connectivity index (χ2n) is 1.05. The Kier molecular flexibility index (Phi) is 5.83. The molecule has 1 radical (unpaired) electrons. The molecule has 0 spiro atoms. The molecule has 0 aromatic rings. The molecule has 0 heterocycles. The molecule has 0 bridgehead atoms. The van der Waals surface area contributed by atoms with Crippen molar-refractivity contribution >= 4 is 5.78 Å². The summed E-state index contributed by atoms with van der Waals surface area (Å²) in [5.41, 5.74) is 0. The van der Waals surface area contributed by atoms with Gasteiger partial charge < -0.3 is 0 Å². The summed E-state index contributed by atoms with van der Waals surface area (Å²) in [6.07, 6.45) is -4.64. The molecule has 8 heavy (non-hydrogen) atoms. The zero-order valence-electron chi connectivity index (χ0n) is 3.92. The van der Waals surface area contributed by atoms with E-state index >= 15 is 0 Å².